The van der Waals surface area contributed by atoms with Gasteiger partial charge in [0, 0.05) is 18.8 Å². The van der Waals surface area contributed by atoms with Gasteiger partial charge >= 0.3 is 0 Å². The van der Waals surface area contributed by atoms with Crippen LogP contribution < -0.4 is 15.5 Å². The van der Waals surface area contributed by atoms with Crippen molar-refractivity contribution >= 4 is 28.8 Å². The van der Waals surface area contributed by atoms with Gasteiger partial charge in [0.25, 0.3) is 5.91 Å². The number of hydrogen-bond donors (Lipinski definition) is 2. The molecule has 2 aromatic rings. The first kappa shape index (κ1) is 21.3. The Hall–Kier alpha value is -2.38. The molecule has 3 rings (SSSR count). The van der Waals surface area contributed by atoms with Gasteiger partial charge in [-0.1, -0.05) is 32.0 Å². The van der Waals surface area contributed by atoms with Crippen molar-refractivity contribution in [2.45, 2.75) is 32.9 Å². The van der Waals surface area contributed by atoms with Gasteiger partial charge in [0.2, 0.25) is 5.91 Å². The maximum absolute atomic E-state index is 12.8. The summed E-state index contributed by atoms with van der Waals surface area (Å²) in [6, 6.07) is 11.1. The molecule has 156 valence electrons. The van der Waals surface area contributed by atoms with E-state index in [1.54, 1.807) is 6.07 Å². The zero-order chi connectivity index (χ0) is 20.8. The first-order valence-electron chi connectivity index (χ1n) is 10.0. The van der Waals surface area contributed by atoms with E-state index in [0.717, 1.165) is 31.9 Å². The van der Waals surface area contributed by atoms with Crippen molar-refractivity contribution in [1.29, 1.82) is 0 Å². The lowest BCUT2D eigenvalue weighted by molar-refractivity contribution is -0.124. The molecule has 6 nitrogen and oxygen atoms in total. The van der Waals surface area contributed by atoms with Gasteiger partial charge in [0.1, 0.15) is 6.04 Å². The molecule has 1 saturated heterocycles. The number of anilines is 1. The van der Waals surface area contributed by atoms with Crippen LogP contribution in [-0.2, 0) is 9.53 Å². The molecule has 1 aliphatic heterocycles. The summed E-state index contributed by atoms with van der Waals surface area (Å²) in [6.45, 7) is 9.11. The fourth-order valence-corrected chi connectivity index (χ4v) is 3.96. The Balaban J connectivity index is 1.60. The van der Waals surface area contributed by atoms with Crippen molar-refractivity contribution in [3.8, 4) is 0 Å². The lowest BCUT2D eigenvalue weighted by Crippen LogP contribution is -2.50. The van der Waals surface area contributed by atoms with Gasteiger partial charge in [-0.15, -0.1) is 11.3 Å². The van der Waals surface area contributed by atoms with Crippen LogP contribution in [0.4, 0.5) is 5.69 Å². The molecule has 1 fully saturated rings. The first-order valence-corrected chi connectivity index (χ1v) is 10.9. The third-order valence-corrected chi connectivity index (χ3v) is 5.98. The molecule has 1 aliphatic rings. The molecule has 0 aliphatic carbocycles. The fraction of sp³-hybridized carbons (Fsp3) is 0.455. The summed E-state index contributed by atoms with van der Waals surface area (Å²) in [5.74, 6) is -0.402. The summed E-state index contributed by atoms with van der Waals surface area (Å²) in [4.78, 5) is 28.1. The Kier molecular flexibility index (Phi) is 7.28. The number of nitrogens with zero attached hydrogens (tertiary/aromatic N) is 1. The van der Waals surface area contributed by atoms with Crippen LogP contribution in [0.2, 0.25) is 0 Å². The van der Waals surface area contributed by atoms with Crippen LogP contribution in [0.25, 0.3) is 0 Å². The van der Waals surface area contributed by atoms with E-state index in [4.69, 9.17) is 4.74 Å². The predicted molar refractivity (Wildman–Crippen MR) is 116 cm³/mol. The van der Waals surface area contributed by atoms with Gasteiger partial charge in [0.05, 0.1) is 24.1 Å². The minimum absolute atomic E-state index is 0.0187. The number of hydrogen-bond acceptors (Lipinski definition) is 5. The van der Waals surface area contributed by atoms with Crippen LogP contribution in [0, 0.1) is 5.92 Å². The lowest BCUT2D eigenvalue weighted by Gasteiger charge is -2.29. The van der Waals surface area contributed by atoms with Crippen molar-refractivity contribution in [3.63, 3.8) is 0 Å². The van der Waals surface area contributed by atoms with E-state index in [0.29, 0.717) is 4.88 Å². The summed E-state index contributed by atoms with van der Waals surface area (Å²) in [5, 5.41) is 7.76. The van der Waals surface area contributed by atoms with Crippen molar-refractivity contribution in [1.82, 2.24) is 10.6 Å². The van der Waals surface area contributed by atoms with E-state index in [-0.39, 0.29) is 23.8 Å². The molecule has 2 unspecified atom stereocenters. The van der Waals surface area contributed by atoms with E-state index in [2.05, 4.69) is 27.7 Å². The minimum Gasteiger partial charge on any atom is -0.378 e. The monoisotopic (exact) mass is 415 g/mol. The fourth-order valence-electron chi connectivity index (χ4n) is 3.34. The molecule has 2 heterocycles. The van der Waals surface area contributed by atoms with Gasteiger partial charge in [-0.25, -0.2) is 0 Å². The van der Waals surface area contributed by atoms with E-state index in [9.17, 15) is 9.59 Å². The summed E-state index contributed by atoms with van der Waals surface area (Å²) in [6.07, 6.45) is 0. The molecule has 0 saturated carbocycles. The number of amides is 2. The summed E-state index contributed by atoms with van der Waals surface area (Å²) in [7, 11) is 0. The topological polar surface area (TPSA) is 70.7 Å². The van der Waals surface area contributed by atoms with Crippen molar-refractivity contribution < 1.29 is 14.3 Å². The van der Waals surface area contributed by atoms with Crippen LogP contribution in [0.3, 0.4) is 0 Å². The number of rotatable bonds is 7. The van der Waals surface area contributed by atoms with Gasteiger partial charge in [-0.2, -0.15) is 0 Å². The van der Waals surface area contributed by atoms with E-state index in [1.807, 2.05) is 44.4 Å². The molecule has 0 radical (unpaired) electrons. The number of carbonyl (C=O) groups is 2. The zero-order valence-corrected chi connectivity index (χ0v) is 18.0. The third kappa shape index (κ3) is 5.58. The number of nitrogens with one attached hydrogen (secondary N) is 2. The number of benzene rings is 1. The summed E-state index contributed by atoms with van der Waals surface area (Å²) < 4.78 is 5.40. The maximum Gasteiger partial charge on any atom is 0.262 e. The highest BCUT2D eigenvalue weighted by Gasteiger charge is 2.26. The average Bonchev–Trinajstić information content (AvgIpc) is 3.27. The van der Waals surface area contributed by atoms with Crippen LogP contribution >= 0.6 is 11.3 Å². The molecular weight excluding hydrogens is 386 g/mol. The molecular formula is C22H29N3O3S. The van der Waals surface area contributed by atoms with Crippen molar-refractivity contribution in [2.75, 3.05) is 31.2 Å². The second-order valence-corrected chi connectivity index (χ2v) is 8.54. The van der Waals surface area contributed by atoms with Crippen LogP contribution in [0.15, 0.2) is 41.8 Å². The number of ether oxygens (including phenoxy) is 1. The van der Waals surface area contributed by atoms with E-state index >= 15 is 0 Å². The largest absolute Gasteiger partial charge is 0.378 e. The number of thiophene rings is 1. The summed E-state index contributed by atoms with van der Waals surface area (Å²) >= 11 is 1.36. The van der Waals surface area contributed by atoms with Gasteiger partial charge in [-0.05, 0) is 42.0 Å². The van der Waals surface area contributed by atoms with Crippen LogP contribution in [0.1, 0.15) is 42.0 Å². The molecule has 0 spiro atoms. The number of morpholine rings is 1. The average molecular weight is 416 g/mol. The van der Waals surface area contributed by atoms with Crippen LogP contribution in [0.5, 0.6) is 0 Å². The molecule has 29 heavy (non-hydrogen) atoms. The maximum atomic E-state index is 12.8. The molecule has 2 atom stereocenters. The molecule has 0 bridgehead atoms. The molecule has 1 aromatic carbocycles. The predicted octanol–water partition coefficient (Wildman–Crippen LogP) is 3.22. The molecule has 7 heteroatoms. The smallest absolute Gasteiger partial charge is 0.262 e. The second kappa shape index (κ2) is 9.89. The Morgan fingerprint density at radius 3 is 2.31 bits per heavy atom. The van der Waals surface area contributed by atoms with E-state index < -0.39 is 6.04 Å². The number of carbonyl (C=O) groups excluding carboxylic acids is 2. The minimum atomic E-state index is -0.584. The normalized spacial score (nSPS) is 16.3. The highest BCUT2D eigenvalue weighted by molar-refractivity contribution is 7.12. The van der Waals surface area contributed by atoms with Gasteiger partial charge in [-0.3, -0.25) is 9.59 Å². The Morgan fingerprint density at radius 1 is 1.03 bits per heavy atom. The highest BCUT2D eigenvalue weighted by atomic mass is 32.1. The van der Waals surface area contributed by atoms with E-state index in [1.165, 1.54) is 17.0 Å². The van der Waals surface area contributed by atoms with Gasteiger partial charge in [0.15, 0.2) is 0 Å². The lowest BCUT2D eigenvalue weighted by atomic mass is 10.0. The van der Waals surface area contributed by atoms with Crippen molar-refractivity contribution in [3.05, 3.63) is 52.2 Å². The Labute approximate surface area is 176 Å². The first-order chi connectivity index (χ1) is 14.0. The van der Waals surface area contributed by atoms with Gasteiger partial charge < -0.3 is 20.3 Å². The summed E-state index contributed by atoms with van der Waals surface area (Å²) in [5.41, 5.74) is 2.20. The Bertz CT molecular complexity index is 799. The molecule has 2 N–H and O–H groups in total. The third-order valence-electron chi connectivity index (χ3n) is 5.11. The highest BCUT2D eigenvalue weighted by Crippen LogP contribution is 2.20. The SMILES string of the molecule is CC(NC(=O)C(NC(=O)c1cccs1)C(C)C)c1ccc(N2CCOCC2)cc1. The molecule has 1 aromatic heterocycles. The van der Waals surface area contributed by atoms with Crippen LogP contribution in [-0.4, -0.2) is 44.2 Å². The van der Waals surface area contributed by atoms with Crippen molar-refractivity contribution in [2.24, 2.45) is 5.92 Å². The quantitative estimate of drug-likeness (QED) is 0.729. The zero-order valence-electron chi connectivity index (χ0n) is 17.2. The second-order valence-electron chi connectivity index (χ2n) is 7.59. The molecule has 2 amide bonds. The Morgan fingerprint density at radius 2 is 1.72 bits per heavy atom. The standard InChI is InChI=1S/C22H29N3O3S/c1-15(2)20(24-21(26)19-5-4-14-29-19)22(27)23-16(3)17-6-8-18(9-7-17)25-10-12-28-13-11-25/h4-9,14-16,20H,10-13H2,1-3H3,(H,23,27)(H,24,26).